The highest BCUT2D eigenvalue weighted by molar-refractivity contribution is 5.99. The van der Waals surface area contributed by atoms with E-state index in [1.807, 2.05) is 59.2 Å². The maximum absolute atomic E-state index is 13.6. The molecular weight excluding hydrogens is 444 g/mol. The molecule has 5 aromatic rings. The van der Waals surface area contributed by atoms with Crippen LogP contribution in [0, 0.1) is 0 Å². The SMILES string of the molecule is Cn1c(=O)c2c(-c3ccccc3)n3c(c2n(C)c1=O)[C@H](c1ccc(O)c(O)c1)Nc1ccccc1-3. The predicted octanol–water partition coefficient (Wildman–Crippen LogP) is 3.62. The summed E-state index contributed by atoms with van der Waals surface area (Å²) in [5.74, 6) is -0.477. The minimum Gasteiger partial charge on any atom is -0.504 e. The fourth-order valence-electron chi connectivity index (χ4n) is 5.06. The molecule has 0 radical (unpaired) electrons. The van der Waals surface area contributed by atoms with E-state index < -0.39 is 11.7 Å². The molecule has 174 valence electrons. The number of aryl methyl sites for hydroxylation is 1. The quantitative estimate of drug-likeness (QED) is 0.345. The van der Waals surface area contributed by atoms with Crippen LogP contribution in [0.15, 0.2) is 82.4 Å². The maximum atomic E-state index is 13.6. The Kier molecular flexibility index (Phi) is 4.41. The Balaban J connectivity index is 1.86. The van der Waals surface area contributed by atoms with Gasteiger partial charge in [0.2, 0.25) is 0 Å². The molecule has 6 rings (SSSR count). The number of aromatic hydroxyl groups is 2. The lowest BCUT2D eigenvalue weighted by Crippen LogP contribution is -2.37. The number of nitrogens with one attached hydrogen (secondary N) is 1. The van der Waals surface area contributed by atoms with E-state index in [0.29, 0.717) is 27.9 Å². The van der Waals surface area contributed by atoms with Gasteiger partial charge in [-0.15, -0.1) is 0 Å². The number of phenolic OH excluding ortho intramolecular Hbond substituents is 2. The van der Waals surface area contributed by atoms with Crippen molar-refractivity contribution in [2.45, 2.75) is 6.04 Å². The maximum Gasteiger partial charge on any atom is 0.331 e. The van der Waals surface area contributed by atoms with Crippen LogP contribution in [0.4, 0.5) is 5.69 Å². The van der Waals surface area contributed by atoms with Crippen LogP contribution < -0.4 is 16.6 Å². The topological polar surface area (TPSA) is 101 Å². The molecule has 0 amide bonds. The molecule has 0 bridgehead atoms. The molecule has 0 fully saturated rings. The van der Waals surface area contributed by atoms with Crippen molar-refractivity contribution in [3.05, 3.63) is 105 Å². The van der Waals surface area contributed by atoms with Crippen LogP contribution in [0.25, 0.3) is 27.8 Å². The number of anilines is 1. The molecule has 0 aliphatic carbocycles. The highest BCUT2D eigenvalue weighted by Gasteiger charge is 2.34. The summed E-state index contributed by atoms with van der Waals surface area (Å²) < 4.78 is 4.65. The monoisotopic (exact) mass is 466 g/mol. The van der Waals surface area contributed by atoms with E-state index in [1.165, 1.54) is 23.7 Å². The molecule has 35 heavy (non-hydrogen) atoms. The van der Waals surface area contributed by atoms with Gasteiger partial charge in [-0.3, -0.25) is 13.9 Å². The van der Waals surface area contributed by atoms with Crippen LogP contribution >= 0.6 is 0 Å². The van der Waals surface area contributed by atoms with Crippen molar-refractivity contribution in [1.29, 1.82) is 0 Å². The van der Waals surface area contributed by atoms with E-state index in [4.69, 9.17) is 0 Å². The normalized spacial score (nSPS) is 14.4. The van der Waals surface area contributed by atoms with E-state index >= 15 is 0 Å². The lowest BCUT2D eigenvalue weighted by Gasteiger charge is -2.31. The second-order valence-corrected chi connectivity index (χ2v) is 8.71. The third kappa shape index (κ3) is 2.86. The highest BCUT2D eigenvalue weighted by atomic mass is 16.3. The Morgan fingerprint density at radius 3 is 2.29 bits per heavy atom. The first-order valence-corrected chi connectivity index (χ1v) is 11.2. The number of hydrogen-bond donors (Lipinski definition) is 3. The van der Waals surface area contributed by atoms with E-state index in [9.17, 15) is 19.8 Å². The van der Waals surface area contributed by atoms with Crippen molar-refractivity contribution < 1.29 is 10.2 Å². The Morgan fingerprint density at radius 1 is 0.829 bits per heavy atom. The molecule has 0 saturated carbocycles. The fraction of sp³-hybridized carbons (Fsp3) is 0.111. The zero-order chi connectivity index (χ0) is 24.4. The number of para-hydroxylation sites is 2. The van der Waals surface area contributed by atoms with Crippen LogP contribution in [0.1, 0.15) is 17.3 Å². The third-order valence-corrected chi connectivity index (χ3v) is 6.71. The first kappa shape index (κ1) is 20.9. The molecule has 1 aliphatic heterocycles. The lowest BCUT2D eigenvalue weighted by molar-refractivity contribution is 0.403. The summed E-state index contributed by atoms with van der Waals surface area (Å²) in [6.07, 6.45) is 0. The van der Waals surface area contributed by atoms with Crippen molar-refractivity contribution in [2.24, 2.45) is 14.1 Å². The Labute approximate surface area is 199 Å². The van der Waals surface area contributed by atoms with Gasteiger partial charge in [-0.25, -0.2) is 4.79 Å². The molecular formula is C27H22N4O4. The van der Waals surface area contributed by atoms with Crippen molar-refractivity contribution in [1.82, 2.24) is 13.7 Å². The van der Waals surface area contributed by atoms with Gasteiger partial charge in [0.25, 0.3) is 5.56 Å². The number of benzene rings is 3. The molecule has 3 aromatic carbocycles. The number of hydrogen-bond acceptors (Lipinski definition) is 5. The number of rotatable bonds is 2. The van der Waals surface area contributed by atoms with Gasteiger partial charge in [0.15, 0.2) is 11.5 Å². The fourth-order valence-corrected chi connectivity index (χ4v) is 5.06. The van der Waals surface area contributed by atoms with Gasteiger partial charge in [0, 0.05) is 14.1 Å². The number of aromatic nitrogens is 3. The van der Waals surface area contributed by atoms with Gasteiger partial charge in [0.05, 0.1) is 39.7 Å². The summed E-state index contributed by atoms with van der Waals surface area (Å²) in [6.45, 7) is 0. The van der Waals surface area contributed by atoms with Crippen LogP contribution in [-0.2, 0) is 14.1 Å². The van der Waals surface area contributed by atoms with E-state index in [0.717, 1.165) is 21.5 Å². The van der Waals surface area contributed by atoms with Crippen LogP contribution in [0.5, 0.6) is 11.5 Å². The summed E-state index contributed by atoms with van der Waals surface area (Å²) in [6, 6.07) is 21.5. The van der Waals surface area contributed by atoms with Crippen LogP contribution in [-0.4, -0.2) is 23.9 Å². The standard InChI is InChI=1S/C27H22N4O4/c1-29-24-21(26(34)30(2)27(29)35)23(15-8-4-3-5-9-15)31-18-11-7-6-10-17(18)28-22(25(24)31)16-12-13-19(32)20(33)14-16/h3-14,22,28,32-33H,1-2H3/t22-/m0/s1. The smallest absolute Gasteiger partial charge is 0.331 e. The lowest BCUT2D eigenvalue weighted by atomic mass is 9.99. The summed E-state index contributed by atoms with van der Waals surface area (Å²) >= 11 is 0. The average molecular weight is 466 g/mol. The Hall–Kier alpha value is -4.72. The van der Waals surface area contributed by atoms with Crippen molar-refractivity contribution in [2.75, 3.05) is 5.32 Å². The van der Waals surface area contributed by atoms with Gasteiger partial charge in [-0.2, -0.15) is 0 Å². The second kappa shape index (κ2) is 7.39. The van der Waals surface area contributed by atoms with Gasteiger partial charge in [-0.1, -0.05) is 48.5 Å². The zero-order valence-corrected chi connectivity index (χ0v) is 19.1. The van der Waals surface area contributed by atoms with E-state index in [-0.39, 0.29) is 17.1 Å². The molecule has 8 nitrogen and oxygen atoms in total. The molecule has 0 unspecified atom stereocenters. The summed E-state index contributed by atoms with van der Waals surface area (Å²) in [4.78, 5) is 26.7. The van der Waals surface area contributed by atoms with Gasteiger partial charge < -0.3 is 20.1 Å². The summed E-state index contributed by atoms with van der Waals surface area (Å²) in [7, 11) is 3.14. The van der Waals surface area contributed by atoms with E-state index in [2.05, 4.69) is 5.32 Å². The Bertz CT molecular complexity index is 1760. The minimum absolute atomic E-state index is 0.226. The largest absolute Gasteiger partial charge is 0.504 e. The first-order chi connectivity index (χ1) is 16.9. The van der Waals surface area contributed by atoms with Crippen molar-refractivity contribution in [3.63, 3.8) is 0 Å². The van der Waals surface area contributed by atoms with Gasteiger partial charge >= 0.3 is 5.69 Å². The molecule has 1 aliphatic rings. The minimum atomic E-state index is -0.519. The van der Waals surface area contributed by atoms with Gasteiger partial charge in [0.1, 0.15) is 0 Å². The highest BCUT2D eigenvalue weighted by Crippen LogP contribution is 2.46. The predicted molar refractivity (Wildman–Crippen MR) is 134 cm³/mol. The second-order valence-electron chi connectivity index (χ2n) is 8.71. The molecule has 8 heteroatoms. The van der Waals surface area contributed by atoms with Crippen LogP contribution in [0.3, 0.4) is 0 Å². The zero-order valence-electron chi connectivity index (χ0n) is 19.1. The molecule has 0 spiro atoms. The molecule has 3 N–H and O–H groups in total. The molecule has 1 atom stereocenters. The van der Waals surface area contributed by atoms with Crippen LogP contribution in [0.2, 0.25) is 0 Å². The number of nitrogens with zero attached hydrogens (tertiary/aromatic N) is 3. The van der Waals surface area contributed by atoms with Crippen molar-refractivity contribution >= 4 is 16.6 Å². The molecule has 2 aromatic heterocycles. The number of phenols is 2. The van der Waals surface area contributed by atoms with Crippen molar-refractivity contribution in [3.8, 4) is 28.4 Å². The third-order valence-electron chi connectivity index (χ3n) is 6.71. The molecule has 0 saturated heterocycles. The average Bonchev–Trinajstić information content (AvgIpc) is 3.24. The summed E-state index contributed by atoms with van der Waals surface area (Å²) in [5, 5.41) is 24.1. The Morgan fingerprint density at radius 2 is 1.54 bits per heavy atom. The number of fused-ring (bicyclic) bond motifs is 5. The van der Waals surface area contributed by atoms with E-state index in [1.54, 1.807) is 13.1 Å². The molecule has 3 heterocycles. The summed E-state index contributed by atoms with van der Waals surface area (Å²) in [5.41, 5.74) is 4.26. The first-order valence-electron chi connectivity index (χ1n) is 11.2. The van der Waals surface area contributed by atoms with Gasteiger partial charge in [-0.05, 0) is 35.4 Å².